The Balaban J connectivity index is 2.35. The Morgan fingerprint density at radius 3 is 2.74 bits per heavy atom. The smallest absolute Gasteiger partial charge is 0.341 e. The van der Waals surface area contributed by atoms with Gasteiger partial charge in [0.15, 0.2) is 11.5 Å². The summed E-state index contributed by atoms with van der Waals surface area (Å²) < 4.78 is 24.0. The van der Waals surface area contributed by atoms with Crippen molar-refractivity contribution in [1.82, 2.24) is 0 Å². The number of hydrogen-bond donors (Lipinski definition) is 2. The number of carboxylic acid groups (broad SMARTS) is 1. The van der Waals surface area contributed by atoms with Gasteiger partial charge in [-0.3, -0.25) is 0 Å². The average Bonchev–Trinajstić information content (AvgIpc) is 2.62. The van der Waals surface area contributed by atoms with Crippen molar-refractivity contribution in [3.8, 4) is 11.5 Å². The number of carbonyl (C=O) groups is 1. The summed E-state index contributed by atoms with van der Waals surface area (Å²) in [6, 6.07) is 2.61. The molecular formula is C12H12ClFO5. The zero-order valence-electron chi connectivity index (χ0n) is 9.81. The van der Waals surface area contributed by atoms with E-state index in [4.69, 9.17) is 26.2 Å². The highest BCUT2D eigenvalue weighted by atomic mass is 35.5. The molecule has 1 aromatic carbocycles. The molecule has 0 bridgehead atoms. The molecule has 2 N–H and O–H groups in total. The van der Waals surface area contributed by atoms with Gasteiger partial charge in [-0.05, 0) is 17.7 Å². The Labute approximate surface area is 113 Å². The molecule has 5 nitrogen and oxygen atoms in total. The van der Waals surface area contributed by atoms with Crippen molar-refractivity contribution in [2.24, 2.45) is 0 Å². The lowest BCUT2D eigenvalue weighted by atomic mass is 10.0. The second-order valence-corrected chi connectivity index (χ2v) is 4.47. The summed E-state index contributed by atoms with van der Waals surface area (Å²) >= 11 is 5.96. The van der Waals surface area contributed by atoms with Crippen molar-refractivity contribution >= 4 is 17.6 Å². The number of halogens is 2. The molecule has 0 amide bonds. The first kappa shape index (κ1) is 13.9. The van der Waals surface area contributed by atoms with Crippen molar-refractivity contribution in [2.45, 2.75) is 18.7 Å². The molecule has 0 saturated carbocycles. The van der Waals surface area contributed by atoms with Gasteiger partial charge in [0, 0.05) is 6.42 Å². The van der Waals surface area contributed by atoms with Gasteiger partial charge in [0.1, 0.15) is 6.10 Å². The maximum Gasteiger partial charge on any atom is 0.341 e. The van der Waals surface area contributed by atoms with Gasteiger partial charge in [0.2, 0.25) is 6.17 Å². The summed E-state index contributed by atoms with van der Waals surface area (Å²) in [5.41, 5.74) is 0.0316. The summed E-state index contributed by atoms with van der Waals surface area (Å²) in [5.74, 6) is -1.15. The molecule has 0 radical (unpaired) electrons. The van der Waals surface area contributed by atoms with Gasteiger partial charge in [-0.1, -0.05) is 11.6 Å². The number of alkyl halides is 1. The predicted molar refractivity (Wildman–Crippen MR) is 64.6 cm³/mol. The number of benzene rings is 1. The molecule has 0 aromatic heterocycles. The van der Waals surface area contributed by atoms with Gasteiger partial charge in [0.25, 0.3) is 0 Å². The van der Waals surface area contributed by atoms with E-state index in [2.05, 4.69) is 0 Å². The Hall–Kier alpha value is -1.53. The van der Waals surface area contributed by atoms with Crippen LogP contribution >= 0.6 is 11.6 Å². The first-order valence-corrected chi connectivity index (χ1v) is 6.02. The highest BCUT2D eigenvalue weighted by molar-refractivity contribution is 6.32. The second-order valence-electron chi connectivity index (χ2n) is 4.07. The lowest BCUT2D eigenvalue weighted by molar-refractivity contribution is -0.147. The van der Waals surface area contributed by atoms with E-state index in [1.807, 2.05) is 0 Å². The van der Waals surface area contributed by atoms with Crippen molar-refractivity contribution in [3.05, 3.63) is 22.7 Å². The third-order valence-electron chi connectivity index (χ3n) is 2.68. The molecule has 104 valence electrons. The first-order valence-electron chi connectivity index (χ1n) is 5.64. The van der Waals surface area contributed by atoms with Crippen LogP contribution in [-0.2, 0) is 4.79 Å². The molecule has 1 aliphatic heterocycles. The van der Waals surface area contributed by atoms with Gasteiger partial charge in [-0.15, -0.1) is 0 Å². The van der Waals surface area contributed by atoms with Gasteiger partial charge < -0.3 is 19.7 Å². The van der Waals surface area contributed by atoms with Gasteiger partial charge >= 0.3 is 5.97 Å². The van der Waals surface area contributed by atoms with Crippen LogP contribution in [0.4, 0.5) is 4.39 Å². The number of ether oxygens (including phenoxy) is 2. The van der Waals surface area contributed by atoms with Crippen molar-refractivity contribution in [1.29, 1.82) is 0 Å². The molecule has 0 aliphatic carbocycles. The van der Waals surface area contributed by atoms with Crippen molar-refractivity contribution < 1.29 is 28.9 Å². The fourth-order valence-electron chi connectivity index (χ4n) is 1.73. The Bertz CT molecular complexity index is 493. The van der Waals surface area contributed by atoms with Crippen LogP contribution in [0.3, 0.4) is 0 Å². The molecule has 2 rings (SSSR count). The zero-order valence-corrected chi connectivity index (χ0v) is 10.6. The maximum atomic E-state index is 13.3. The summed E-state index contributed by atoms with van der Waals surface area (Å²) in [5, 5.41) is 18.3. The summed E-state index contributed by atoms with van der Waals surface area (Å²) in [6.45, 7) is 0.844. The molecule has 19 heavy (non-hydrogen) atoms. The topological polar surface area (TPSA) is 76.0 Å². The number of aliphatic hydroxyl groups excluding tert-OH is 1. The number of hydrogen-bond acceptors (Lipinski definition) is 4. The van der Waals surface area contributed by atoms with Crippen LogP contribution in [-0.4, -0.2) is 35.6 Å². The molecule has 0 saturated heterocycles. The number of aliphatic hydroxyl groups is 1. The standard InChI is InChI=1S/C12H12ClFO5/c13-7-4-6(10(15)9(14)12(16)17)5-8-11(7)19-3-1-2-18-8/h4-5,9-10,15H,1-3H2,(H,16,17). The van der Waals surface area contributed by atoms with Crippen LogP contribution in [0.2, 0.25) is 5.02 Å². The Morgan fingerprint density at radius 1 is 1.37 bits per heavy atom. The quantitative estimate of drug-likeness (QED) is 0.890. The summed E-state index contributed by atoms with van der Waals surface area (Å²) in [6.07, 6.45) is -3.57. The normalized spacial score (nSPS) is 17.4. The van der Waals surface area contributed by atoms with Gasteiger partial charge in [0.05, 0.1) is 18.2 Å². The number of rotatable bonds is 3. The minimum atomic E-state index is -2.43. The number of fused-ring (bicyclic) bond motifs is 1. The van der Waals surface area contributed by atoms with Crippen LogP contribution in [0, 0.1) is 0 Å². The highest BCUT2D eigenvalue weighted by Gasteiger charge is 2.29. The predicted octanol–water partition coefficient (Wildman–Crippen LogP) is 1.96. The molecule has 0 spiro atoms. The Morgan fingerprint density at radius 2 is 2.05 bits per heavy atom. The largest absolute Gasteiger partial charge is 0.489 e. The average molecular weight is 291 g/mol. The van der Waals surface area contributed by atoms with Gasteiger partial charge in [-0.25, -0.2) is 9.18 Å². The van der Waals surface area contributed by atoms with Gasteiger partial charge in [-0.2, -0.15) is 0 Å². The first-order chi connectivity index (χ1) is 9.00. The second kappa shape index (κ2) is 5.63. The lowest BCUT2D eigenvalue weighted by Gasteiger charge is -2.16. The van der Waals surface area contributed by atoms with Crippen LogP contribution in [0.15, 0.2) is 12.1 Å². The van der Waals surface area contributed by atoms with Crippen LogP contribution < -0.4 is 9.47 Å². The van der Waals surface area contributed by atoms with E-state index in [1.54, 1.807) is 0 Å². The molecule has 1 aromatic rings. The monoisotopic (exact) mass is 290 g/mol. The molecule has 2 atom stereocenters. The van der Waals surface area contributed by atoms with Crippen molar-refractivity contribution in [2.75, 3.05) is 13.2 Å². The lowest BCUT2D eigenvalue weighted by Crippen LogP contribution is -2.23. The fourth-order valence-corrected chi connectivity index (χ4v) is 2.00. The molecule has 7 heteroatoms. The number of carboxylic acids is 1. The molecule has 0 fully saturated rings. The summed E-state index contributed by atoms with van der Waals surface area (Å²) in [4.78, 5) is 10.5. The molecule has 1 aliphatic rings. The minimum Gasteiger partial charge on any atom is -0.489 e. The zero-order chi connectivity index (χ0) is 14.0. The Kier molecular flexibility index (Phi) is 4.11. The van der Waals surface area contributed by atoms with E-state index >= 15 is 0 Å². The van der Waals surface area contributed by atoms with Crippen molar-refractivity contribution in [3.63, 3.8) is 0 Å². The van der Waals surface area contributed by atoms with E-state index in [0.29, 0.717) is 25.4 Å². The molecular weight excluding hydrogens is 279 g/mol. The highest BCUT2D eigenvalue weighted by Crippen LogP contribution is 2.40. The third-order valence-corrected chi connectivity index (χ3v) is 2.96. The van der Waals surface area contributed by atoms with E-state index in [9.17, 15) is 14.3 Å². The fraction of sp³-hybridized carbons (Fsp3) is 0.417. The third kappa shape index (κ3) is 2.90. The summed E-state index contributed by atoms with van der Waals surface area (Å²) in [7, 11) is 0. The maximum absolute atomic E-state index is 13.3. The van der Waals surface area contributed by atoms with E-state index in [-0.39, 0.29) is 16.3 Å². The minimum absolute atomic E-state index is 0.0316. The molecule has 2 unspecified atom stereocenters. The SMILES string of the molecule is O=C(O)C(F)C(O)c1cc(Cl)c2c(c1)OCCCO2. The molecule has 1 heterocycles. The number of aliphatic carboxylic acids is 1. The van der Waals surface area contributed by atoms with E-state index in [0.717, 1.165) is 0 Å². The van der Waals surface area contributed by atoms with Crippen LogP contribution in [0.5, 0.6) is 11.5 Å². The van der Waals surface area contributed by atoms with Crippen LogP contribution in [0.1, 0.15) is 18.1 Å². The van der Waals surface area contributed by atoms with E-state index < -0.39 is 18.2 Å². The van der Waals surface area contributed by atoms with Crippen LogP contribution in [0.25, 0.3) is 0 Å². The van der Waals surface area contributed by atoms with E-state index in [1.165, 1.54) is 12.1 Å².